The molecule has 1 aliphatic rings. The summed E-state index contributed by atoms with van der Waals surface area (Å²) in [4.78, 5) is 63.7. The summed E-state index contributed by atoms with van der Waals surface area (Å²) in [6.45, 7) is 5.93. The molecule has 0 saturated carbocycles. The number of nitrogens with zero attached hydrogens (tertiary/aromatic N) is 2. The molecule has 1 aliphatic heterocycles. The Morgan fingerprint density at radius 3 is 2.47 bits per heavy atom. The van der Waals surface area contributed by atoms with E-state index in [0.717, 1.165) is 18.2 Å². The molecule has 2 atom stereocenters. The van der Waals surface area contributed by atoms with Crippen LogP contribution >= 0.6 is 0 Å². The molecule has 12 nitrogen and oxygen atoms in total. The Kier molecular flexibility index (Phi) is 10.4. The molecular formula is C29H34F2N4O8. The number of carbonyl (C=O) groups is 4. The second-order valence-corrected chi connectivity index (χ2v) is 11.0. The molecule has 14 heteroatoms. The Bertz CT molecular complexity index is 1430. The minimum Gasteiger partial charge on any atom is -0.496 e. The first-order valence-corrected chi connectivity index (χ1v) is 13.6. The summed E-state index contributed by atoms with van der Waals surface area (Å²) < 4.78 is 38.1. The zero-order valence-electron chi connectivity index (χ0n) is 24.5. The number of amides is 4. The highest BCUT2D eigenvalue weighted by Crippen LogP contribution is 2.29. The van der Waals surface area contributed by atoms with Crippen molar-refractivity contribution in [2.45, 2.75) is 58.6 Å². The summed E-state index contributed by atoms with van der Waals surface area (Å²) in [5.41, 5.74) is -1.21. The lowest BCUT2D eigenvalue weighted by molar-refractivity contribution is -0.385. The molecule has 0 unspecified atom stereocenters. The maximum atomic E-state index is 14.0. The van der Waals surface area contributed by atoms with Gasteiger partial charge in [0.2, 0.25) is 11.8 Å². The van der Waals surface area contributed by atoms with Crippen LogP contribution in [-0.2, 0) is 20.7 Å². The standard InChI is InChI=1S/C29H34F2N4O8/c1-6-7-22(16-8-9-19(23(12-16)35(40)41)27(38)43-29(2,3)4)33-28(39)34-15-25(36)32-14-18(26(34)37)10-17-11-20(30)21(31)13-24(17)42-5/h8-9,11-13,18,22H,6-7,10,14-15H2,1-5H3,(H,32,36)(H,33,39)/t18-,22+/m0/s1. The maximum absolute atomic E-state index is 14.0. The van der Waals surface area contributed by atoms with Crippen LogP contribution in [0, 0.1) is 27.7 Å². The van der Waals surface area contributed by atoms with Crippen LogP contribution in [0.25, 0.3) is 0 Å². The number of benzene rings is 2. The zero-order valence-corrected chi connectivity index (χ0v) is 24.5. The number of nitrogens with one attached hydrogen (secondary N) is 2. The van der Waals surface area contributed by atoms with Gasteiger partial charge in [-0.05, 0) is 56.9 Å². The minimum atomic E-state index is -1.15. The molecule has 1 saturated heterocycles. The van der Waals surface area contributed by atoms with Crippen LogP contribution in [0.5, 0.6) is 5.75 Å². The Labute approximate surface area is 246 Å². The largest absolute Gasteiger partial charge is 0.496 e. The second-order valence-electron chi connectivity index (χ2n) is 11.0. The predicted octanol–water partition coefficient (Wildman–Crippen LogP) is 4.21. The molecule has 0 aliphatic carbocycles. The third-order valence-electron chi connectivity index (χ3n) is 6.61. The van der Waals surface area contributed by atoms with Gasteiger partial charge in [0.25, 0.3) is 5.69 Å². The van der Waals surface area contributed by atoms with Gasteiger partial charge in [-0.1, -0.05) is 19.4 Å². The summed E-state index contributed by atoms with van der Waals surface area (Å²) >= 11 is 0. The summed E-state index contributed by atoms with van der Waals surface area (Å²) in [6, 6.07) is 3.83. The fourth-order valence-corrected chi connectivity index (χ4v) is 4.60. The first-order valence-electron chi connectivity index (χ1n) is 13.6. The van der Waals surface area contributed by atoms with Gasteiger partial charge in [0.1, 0.15) is 23.5 Å². The van der Waals surface area contributed by atoms with Crippen LogP contribution in [0.15, 0.2) is 30.3 Å². The summed E-state index contributed by atoms with van der Waals surface area (Å²) in [6.07, 6.45) is 0.665. The monoisotopic (exact) mass is 604 g/mol. The molecule has 2 aromatic carbocycles. The third kappa shape index (κ3) is 8.23. The number of imide groups is 1. The summed E-state index contributed by atoms with van der Waals surface area (Å²) in [5, 5.41) is 17.1. The number of hydrogen-bond donors (Lipinski definition) is 2. The third-order valence-corrected chi connectivity index (χ3v) is 6.61. The normalized spacial score (nSPS) is 16.2. The second kappa shape index (κ2) is 13.6. The molecule has 3 rings (SSSR count). The van der Waals surface area contributed by atoms with Crippen molar-refractivity contribution in [3.05, 3.63) is 68.8 Å². The molecule has 2 aromatic rings. The molecule has 4 amide bonds. The van der Waals surface area contributed by atoms with Crippen LogP contribution in [0.4, 0.5) is 19.3 Å². The molecule has 1 heterocycles. The lowest BCUT2D eigenvalue weighted by atomic mass is 9.97. The van der Waals surface area contributed by atoms with Gasteiger partial charge in [0, 0.05) is 18.7 Å². The van der Waals surface area contributed by atoms with Crippen molar-refractivity contribution < 1.29 is 42.4 Å². The molecule has 0 radical (unpaired) electrons. The van der Waals surface area contributed by atoms with Gasteiger partial charge in [0.15, 0.2) is 11.6 Å². The van der Waals surface area contributed by atoms with Crippen LogP contribution in [0.2, 0.25) is 0 Å². The number of nitro groups is 1. The van der Waals surface area contributed by atoms with E-state index >= 15 is 0 Å². The number of methoxy groups -OCH3 is 1. The maximum Gasteiger partial charge on any atom is 0.345 e. The van der Waals surface area contributed by atoms with E-state index in [2.05, 4.69) is 10.6 Å². The summed E-state index contributed by atoms with van der Waals surface area (Å²) in [7, 11) is 1.25. The van der Waals surface area contributed by atoms with Crippen molar-refractivity contribution in [2.24, 2.45) is 5.92 Å². The molecule has 0 bridgehead atoms. The van der Waals surface area contributed by atoms with Gasteiger partial charge >= 0.3 is 12.0 Å². The number of carbonyl (C=O) groups excluding carboxylic acids is 4. The minimum absolute atomic E-state index is 0.00212. The molecule has 0 aromatic heterocycles. The van der Waals surface area contributed by atoms with Crippen molar-refractivity contribution in [1.82, 2.24) is 15.5 Å². The lowest BCUT2D eigenvalue weighted by Gasteiger charge is -2.26. The molecule has 0 spiro atoms. The van der Waals surface area contributed by atoms with Crippen molar-refractivity contribution in [1.29, 1.82) is 0 Å². The molecule has 1 fully saturated rings. The van der Waals surface area contributed by atoms with E-state index in [1.807, 2.05) is 6.92 Å². The smallest absolute Gasteiger partial charge is 0.345 e. The number of urea groups is 1. The topological polar surface area (TPSA) is 157 Å². The van der Waals surface area contributed by atoms with Gasteiger partial charge in [-0.3, -0.25) is 24.6 Å². The first-order chi connectivity index (χ1) is 20.1. The van der Waals surface area contributed by atoms with Gasteiger partial charge < -0.3 is 20.1 Å². The Balaban J connectivity index is 1.88. The zero-order chi connectivity index (χ0) is 32.1. The number of halogens is 2. The molecule has 43 heavy (non-hydrogen) atoms. The number of esters is 1. The first kappa shape index (κ1) is 32.9. The van der Waals surface area contributed by atoms with Crippen molar-refractivity contribution in [3.8, 4) is 5.75 Å². The van der Waals surface area contributed by atoms with E-state index in [9.17, 15) is 38.1 Å². The number of nitro benzene ring substituents is 1. The average Bonchev–Trinajstić information content (AvgIpc) is 3.07. The van der Waals surface area contributed by atoms with Crippen molar-refractivity contribution in [2.75, 3.05) is 20.2 Å². The highest BCUT2D eigenvalue weighted by molar-refractivity contribution is 6.01. The van der Waals surface area contributed by atoms with Gasteiger partial charge in [-0.25, -0.2) is 18.4 Å². The van der Waals surface area contributed by atoms with Crippen LogP contribution < -0.4 is 15.4 Å². The average molecular weight is 605 g/mol. The summed E-state index contributed by atoms with van der Waals surface area (Å²) in [5.74, 6) is -5.55. The Morgan fingerprint density at radius 2 is 1.86 bits per heavy atom. The highest BCUT2D eigenvalue weighted by atomic mass is 19.2. The van der Waals surface area contributed by atoms with E-state index in [1.165, 1.54) is 19.2 Å². The molecular weight excluding hydrogens is 570 g/mol. The van der Waals surface area contributed by atoms with E-state index in [1.54, 1.807) is 20.8 Å². The Morgan fingerprint density at radius 1 is 1.19 bits per heavy atom. The fourth-order valence-electron chi connectivity index (χ4n) is 4.60. The van der Waals surface area contributed by atoms with E-state index in [4.69, 9.17) is 9.47 Å². The van der Waals surface area contributed by atoms with Gasteiger partial charge in [-0.2, -0.15) is 0 Å². The highest BCUT2D eigenvalue weighted by Gasteiger charge is 2.36. The number of hydrogen-bond acceptors (Lipinski definition) is 8. The van der Waals surface area contributed by atoms with Crippen molar-refractivity contribution in [3.63, 3.8) is 0 Å². The van der Waals surface area contributed by atoms with Crippen molar-refractivity contribution >= 4 is 29.5 Å². The van der Waals surface area contributed by atoms with E-state index in [-0.39, 0.29) is 29.8 Å². The van der Waals surface area contributed by atoms with Crippen LogP contribution in [0.1, 0.15) is 68.1 Å². The SMILES string of the molecule is CCC[C@@H](NC(=O)N1CC(=O)NC[C@H](Cc2cc(F)c(F)cc2OC)C1=O)c1ccc(C(=O)OC(C)(C)C)c([N+](=O)[O-])c1. The van der Waals surface area contributed by atoms with Gasteiger partial charge in [-0.15, -0.1) is 0 Å². The van der Waals surface area contributed by atoms with Crippen LogP contribution in [0.3, 0.4) is 0 Å². The van der Waals surface area contributed by atoms with Gasteiger partial charge in [0.05, 0.1) is 24.0 Å². The Hall–Kier alpha value is -4.62. The molecule has 2 N–H and O–H groups in total. The van der Waals surface area contributed by atoms with E-state index in [0.29, 0.717) is 23.3 Å². The molecule has 232 valence electrons. The van der Waals surface area contributed by atoms with E-state index < -0.39 is 70.2 Å². The fraction of sp³-hybridized carbons (Fsp3) is 0.448. The lowest BCUT2D eigenvalue weighted by Crippen LogP contribution is -2.48. The quantitative estimate of drug-likeness (QED) is 0.245. The number of ether oxygens (including phenoxy) is 2. The van der Waals surface area contributed by atoms with Crippen LogP contribution in [-0.4, -0.2) is 59.4 Å². The predicted molar refractivity (Wildman–Crippen MR) is 149 cm³/mol. The number of rotatable bonds is 9.